The maximum atomic E-state index is 5.90. The van der Waals surface area contributed by atoms with Crippen molar-refractivity contribution in [1.29, 1.82) is 0 Å². The lowest BCUT2D eigenvalue weighted by molar-refractivity contribution is 0.573. The van der Waals surface area contributed by atoms with Gasteiger partial charge in [-0.3, -0.25) is 0 Å². The smallest absolute Gasteiger partial charge is 0.136 e. The van der Waals surface area contributed by atoms with Crippen molar-refractivity contribution in [3.05, 3.63) is 45.5 Å². The number of nitrogen functional groups attached to an aromatic ring is 1. The highest BCUT2D eigenvalue weighted by molar-refractivity contribution is 9.10. The standard InChI is InChI=1S/C11H11BrClN3/c1-7(8-2-4-9(13)5-3-8)16-11(14)10(12)6-15-16/h2-7H,14H2,1H3. The van der Waals surface area contributed by atoms with Gasteiger partial charge in [-0.2, -0.15) is 5.10 Å². The summed E-state index contributed by atoms with van der Waals surface area (Å²) in [6, 6.07) is 7.76. The van der Waals surface area contributed by atoms with E-state index in [1.165, 1.54) is 0 Å². The molecule has 2 aromatic rings. The zero-order valence-corrected chi connectivity index (χ0v) is 11.0. The van der Waals surface area contributed by atoms with Crippen LogP contribution in [0.5, 0.6) is 0 Å². The van der Waals surface area contributed by atoms with Crippen LogP contribution in [0.2, 0.25) is 5.02 Å². The Morgan fingerprint density at radius 2 is 2.00 bits per heavy atom. The predicted octanol–water partition coefficient (Wildman–Crippen LogP) is 3.49. The molecule has 0 amide bonds. The minimum absolute atomic E-state index is 0.0866. The number of halogens is 2. The highest BCUT2D eigenvalue weighted by Gasteiger charge is 2.13. The van der Waals surface area contributed by atoms with Gasteiger partial charge in [0.2, 0.25) is 0 Å². The summed E-state index contributed by atoms with van der Waals surface area (Å²) < 4.78 is 2.58. The van der Waals surface area contributed by atoms with Gasteiger partial charge in [0.1, 0.15) is 5.82 Å². The van der Waals surface area contributed by atoms with Crippen molar-refractivity contribution in [3.8, 4) is 0 Å². The molecule has 0 fully saturated rings. The van der Waals surface area contributed by atoms with E-state index < -0.39 is 0 Å². The Kier molecular flexibility index (Phi) is 3.21. The Morgan fingerprint density at radius 1 is 1.38 bits per heavy atom. The molecule has 84 valence electrons. The molecular weight excluding hydrogens is 289 g/mol. The molecule has 0 radical (unpaired) electrons. The van der Waals surface area contributed by atoms with Crippen LogP contribution in [0.15, 0.2) is 34.9 Å². The summed E-state index contributed by atoms with van der Waals surface area (Å²) in [6.45, 7) is 2.04. The van der Waals surface area contributed by atoms with Crippen LogP contribution in [0.4, 0.5) is 5.82 Å². The van der Waals surface area contributed by atoms with Crippen LogP contribution in [0.25, 0.3) is 0 Å². The third-order valence-corrected chi connectivity index (χ3v) is 3.37. The average molecular weight is 301 g/mol. The van der Waals surface area contributed by atoms with E-state index in [0.717, 1.165) is 15.1 Å². The fourth-order valence-corrected chi connectivity index (χ4v) is 1.94. The summed E-state index contributed by atoms with van der Waals surface area (Å²) in [6.07, 6.45) is 1.70. The Hall–Kier alpha value is -1.00. The van der Waals surface area contributed by atoms with Crippen LogP contribution in [-0.4, -0.2) is 9.78 Å². The van der Waals surface area contributed by atoms with Crippen LogP contribution in [-0.2, 0) is 0 Å². The first-order valence-electron chi connectivity index (χ1n) is 4.83. The monoisotopic (exact) mass is 299 g/mol. The molecule has 2 N–H and O–H groups in total. The van der Waals surface area contributed by atoms with Gasteiger partial charge in [-0.25, -0.2) is 4.68 Å². The van der Waals surface area contributed by atoms with Gasteiger partial charge in [0.25, 0.3) is 0 Å². The van der Waals surface area contributed by atoms with Gasteiger partial charge >= 0.3 is 0 Å². The third-order valence-electron chi connectivity index (χ3n) is 2.51. The molecule has 3 nitrogen and oxygen atoms in total. The zero-order chi connectivity index (χ0) is 11.7. The molecule has 0 aliphatic rings. The van der Waals surface area contributed by atoms with E-state index in [9.17, 15) is 0 Å². The van der Waals surface area contributed by atoms with Crippen molar-refractivity contribution in [3.63, 3.8) is 0 Å². The van der Waals surface area contributed by atoms with Gasteiger partial charge in [0.05, 0.1) is 16.7 Å². The zero-order valence-electron chi connectivity index (χ0n) is 8.69. The van der Waals surface area contributed by atoms with E-state index in [-0.39, 0.29) is 6.04 Å². The van der Waals surface area contributed by atoms with Crippen LogP contribution in [0.3, 0.4) is 0 Å². The number of hydrogen-bond donors (Lipinski definition) is 1. The van der Waals surface area contributed by atoms with Crippen molar-refractivity contribution >= 4 is 33.3 Å². The summed E-state index contributed by atoms with van der Waals surface area (Å²) in [5.41, 5.74) is 7.02. The number of anilines is 1. The lowest BCUT2D eigenvalue weighted by Crippen LogP contribution is -2.11. The molecule has 0 bridgehead atoms. The molecule has 1 atom stereocenters. The second-order valence-electron chi connectivity index (χ2n) is 3.55. The first-order chi connectivity index (χ1) is 7.59. The number of aromatic nitrogens is 2. The minimum Gasteiger partial charge on any atom is -0.383 e. The van der Waals surface area contributed by atoms with Gasteiger partial charge in [-0.05, 0) is 40.5 Å². The second-order valence-corrected chi connectivity index (χ2v) is 4.84. The molecule has 2 rings (SSSR count). The summed E-state index contributed by atoms with van der Waals surface area (Å²) in [5.74, 6) is 0.627. The van der Waals surface area contributed by atoms with E-state index in [0.29, 0.717) is 5.82 Å². The lowest BCUT2D eigenvalue weighted by atomic mass is 10.1. The molecule has 0 saturated carbocycles. The molecule has 0 spiro atoms. The van der Waals surface area contributed by atoms with E-state index >= 15 is 0 Å². The van der Waals surface area contributed by atoms with Gasteiger partial charge < -0.3 is 5.73 Å². The molecule has 1 aromatic carbocycles. The van der Waals surface area contributed by atoms with Gasteiger partial charge in [-0.1, -0.05) is 23.7 Å². The maximum absolute atomic E-state index is 5.90. The summed E-state index contributed by atoms with van der Waals surface area (Å²) in [5, 5.41) is 4.95. The van der Waals surface area contributed by atoms with Crippen LogP contribution >= 0.6 is 27.5 Å². The molecule has 0 aliphatic carbocycles. The Bertz CT molecular complexity index is 492. The number of nitrogens with zero attached hydrogens (tertiary/aromatic N) is 2. The quantitative estimate of drug-likeness (QED) is 0.922. The number of benzene rings is 1. The SMILES string of the molecule is CC(c1ccc(Cl)cc1)n1ncc(Br)c1N. The normalized spacial score (nSPS) is 12.7. The van der Waals surface area contributed by atoms with Crippen LogP contribution in [0, 0.1) is 0 Å². The topological polar surface area (TPSA) is 43.8 Å². The maximum Gasteiger partial charge on any atom is 0.136 e. The van der Waals surface area contributed by atoms with E-state index in [4.69, 9.17) is 17.3 Å². The molecular formula is C11H11BrClN3. The fourth-order valence-electron chi connectivity index (χ4n) is 1.54. The fraction of sp³-hybridized carbons (Fsp3) is 0.182. The summed E-state index contributed by atoms with van der Waals surface area (Å²) in [4.78, 5) is 0. The summed E-state index contributed by atoms with van der Waals surface area (Å²) >= 11 is 9.18. The number of nitrogens with two attached hydrogens (primary N) is 1. The third kappa shape index (κ3) is 2.08. The van der Waals surface area contributed by atoms with E-state index in [1.807, 2.05) is 31.2 Å². The van der Waals surface area contributed by atoms with E-state index in [2.05, 4.69) is 21.0 Å². The minimum atomic E-state index is 0.0866. The molecule has 1 heterocycles. The van der Waals surface area contributed by atoms with Gasteiger partial charge in [-0.15, -0.1) is 0 Å². The van der Waals surface area contributed by atoms with E-state index in [1.54, 1.807) is 10.9 Å². The molecule has 0 saturated heterocycles. The molecule has 1 unspecified atom stereocenters. The van der Waals surface area contributed by atoms with Gasteiger partial charge in [0.15, 0.2) is 0 Å². The number of hydrogen-bond acceptors (Lipinski definition) is 2. The Morgan fingerprint density at radius 3 is 2.50 bits per heavy atom. The Labute approximate surface area is 107 Å². The molecule has 5 heteroatoms. The molecule has 0 aliphatic heterocycles. The molecule has 16 heavy (non-hydrogen) atoms. The van der Waals surface area contributed by atoms with Crippen molar-refractivity contribution in [2.75, 3.05) is 5.73 Å². The van der Waals surface area contributed by atoms with Crippen molar-refractivity contribution in [2.45, 2.75) is 13.0 Å². The largest absolute Gasteiger partial charge is 0.383 e. The first-order valence-corrected chi connectivity index (χ1v) is 6.00. The Balaban J connectivity index is 2.35. The predicted molar refractivity (Wildman–Crippen MR) is 69.6 cm³/mol. The first kappa shape index (κ1) is 11.5. The lowest BCUT2D eigenvalue weighted by Gasteiger charge is -2.14. The second kappa shape index (κ2) is 4.47. The average Bonchev–Trinajstić information content (AvgIpc) is 2.60. The van der Waals surface area contributed by atoms with Crippen molar-refractivity contribution < 1.29 is 0 Å². The molecule has 1 aromatic heterocycles. The van der Waals surface area contributed by atoms with Crippen LogP contribution in [0.1, 0.15) is 18.5 Å². The highest BCUT2D eigenvalue weighted by atomic mass is 79.9. The summed E-state index contributed by atoms with van der Waals surface area (Å²) in [7, 11) is 0. The number of rotatable bonds is 2. The van der Waals surface area contributed by atoms with Crippen molar-refractivity contribution in [2.24, 2.45) is 0 Å². The van der Waals surface area contributed by atoms with Gasteiger partial charge in [0, 0.05) is 5.02 Å². The van der Waals surface area contributed by atoms with Crippen molar-refractivity contribution in [1.82, 2.24) is 9.78 Å². The van der Waals surface area contributed by atoms with Crippen LogP contribution < -0.4 is 5.73 Å². The highest BCUT2D eigenvalue weighted by Crippen LogP contribution is 2.26.